The van der Waals surface area contributed by atoms with Crippen LogP contribution in [0.3, 0.4) is 0 Å². The Hall–Kier alpha value is -2.70. The molecule has 1 fully saturated rings. The van der Waals surface area contributed by atoms with E-state index in [9.17, 15) is 4.79 Å². The summed E-state index contributed by atoms with van der Waals surface area (Å²) in [5.41, 5.74) is 4.79. The summed E-state index contributed by atoms with van der Waals surface area (Å²) >= 11 is 0. The first-order valence-corrected chi connectivity index (χ1v) is 11.7. The highest BCUT2D eigenvalue weighted by Crippen LogP contribution is 2.20. The van der Waals surface area contributed by atoms with E-state index in [-0.39, 0.29) is 5.91 Å². The van der Waals surface area contributed by atoms with Crippen LogP contribution in [0.4, 0.5) is 0 Å². The monoisotopic (exact) mass is 433 g/mol. The third kappa shape index (κ3) is 4.87. The normalized spacial score (nSPS) is 15.5. The molecule has 0 atom stereocenters. The van der Waals surface area contributed by atoms with Crippen molar-refractivity contribution in [3.63, 3.8) is 0 Å². The second kappa shape index (κ2) is 9.84. The fourth-order valence-electron chi connectivity index (χ4n) is 4.45. The molecular weight excluding hydrogens is 398 g/mol. The molecule has 0 saturated carbocycles. The van der Waals surface area contributed by atoms with Gasteiger partial charge >= 0.3 is 0 Å². The van der Waals surface area contributed by atoms with E-state index in [2.05, 4.69) is 53.2 Å². The number of likely N-dealkylation sites (N-methyl/N-ethyl adjacent to an activating group) is 1. The lowest BCUT2D eigenvalue weighted by atomic mass is 10.1. The quantitative estimate of drug-likeness (QED) is 0.572. The minimum atomic E-state index is -0.000141. The van der Waals surface area contributed by atoms with Crippen molar-refractivity contribution in [2.75, 3.05) is 39.8 Å². The van der Waals surface area contributed by atoms with Gasteiger partial charge in [-0.15, -0.1) is 0 Å². The third-order valence-corrected chi connectivity index (χ3v) is 6.58. The number of rotatable bonds is 7. The van der Waals surface area contributed by atoms with Crippen LogP contribution >= 0.6 is 0 Å². The predicted octanol–water partition coefficient (Wildman–Crippen LogP) is 3.48. The molecule has 2 aromatic heterocycles. The number of amides is 1. The van der Waals surface area contributed by atoms with E-state index < -0.39 is 0 Å². The van der Waals surface area contributed by atoms with Crippen LogP contribution in [0.25, 0.3) is 5.65 Å². The number of nitrogens with zero attached hydrogens (tertiary/aromatic N) is 5. The number of hydrogen-bond donors (Lipinski definition) is 0. The Labute approximate surface area is 191 Å². The van der Waals surface area contributed by atoms with Crippen LogP contribution in [0.5, 0.6) is 0 Å². The zero-order valence-electron chi connectivity index (χ0n) is 19.8. The molecule has 3 aromatic rings. The Morgan fingerprint density at radius 1 is 1.06 bits per heavy atom. The molecule has 32 heavy (non-hydrogen) atoms. The zero-order valence-corrected chi connectivity index (χ0v) is 19.8. The summed E-state index contributed by atoms with van der Waals surface area (Å²) in [6.45, 7) is 12.1. The molecule has 6 heteroatoms. The minimum Gasteiger partial charge on any atom is -0.340 e. The van der Waals surface area contributed by atoms with Gasteiger partial charge < -0.3 is 9.30 Å². The van der Waals surface area contributed by atoms with Crippen LogP contribution in [0.15, 0.2) is 48.7 Å². The van der Waals surface area contributed by atoms with Crippen LogP contribution in [0.2, 0.25) is 0 Å². The van der Waals surface area contributed by atoms with E-state index in [0.29, 0.717) is 18.3 Å². The highest BCUT2D eigenvalue weighted by atomic mass is 16.2. The first-order valence-electron chi connectivity index (χ1n) is 11.7. The SMILES string of the molecule is Cc1cccn2c(CN3CCN(C(C)C)CC3)c(C(=O)N(C)CCc3ccccc3)nc12. The van der Waals surface area contributed by atoms with E-state index in [4.69, 9.17) is 4.98 Å². The van der Waals surface area contributed by atoms with Crippen molar-refractivity contribution in [2.45, 2.75) is 39.8 Å². The average molecular weight is 434 g/mol. The van der Waals surface area contributed by atoms with Crippen LogP contribution in [0, 0.1) is 6.92 Å². The van der Waals surface area contributed by atoms with Crippen LogP contribution in [-0.2, 0) is 13.0 Å². The lowest BCUT2D eigenvalue weighted by Crippen LogP contribution is -2.48. The molecule has 6 nitrogen and oxygen atoms in total. The van der Waals surface area contributed by atoms with Gasteiger partial charge in [0.2, 0.25) is 0 Å². The molecule has 0 unspecified atom stereocenters. The molecule has 0 aliphatic carbocycles. The largest absolute Gasteiger partial charge is 0.340 e. The molecule has 0 bridgehead atoms. The molecule has 1 amide bonds. The van der Waals surface area contributed by atoms with Gasteiger partial charge in [0.25, 0.3) is 5.91 Å². The summed E-state index contributed by atoms with van der Waals surface area (Å²) in [5, 5.41) is 0. The van der Waals surface area contributed by atoms with Crippen LogP contribution < -0.4 is 0 Å². The van der Waals surface area contributed by atoms with Gasteiger partial charge in [-0.25, -0.2) is 4.98 Å². The topological polar surface area (TPSA) is 44.1 Å². The number of pyridine rings is 1. The Bertz CT molecular complexity index is 1050. The third-order valence-electron chi connectivity index (χ3n) is 6.58. The van der Waals surface area contributed by atoms with Crippen molar-refractivity contribution in [3.05, 3.63) is 71.2 Å². The van der Waals surface area contributed by atoms with Gasteiger partial charge in [-0.2, -0.15) is 0 Å². The second-order valence-corrected chi connectivity index (χ2v) is 9.16. The number of carbonyl (C=O) groups is 1. The number of benzene rings is 1. The number of piperazine rings is 1. The lowest BCUT2D eigenvalue weighted by Gasteiger charge is -2.36. The van der Waals surface area contributed by atoms with Crippen molar-refractivity contribution in [1.29, 1.82) is 0 Å². The smallest absolute Gasteiger partial charge is 0.274 e. The summed E-state index contributed by atoms with van der Waals surface area (Å²) in [5.74, 6) is -0.000141. The summed E-state index contributed by atoms with van der Waals surface area (Å²) in [6, 6.07) is 15.0. The van der Waals surface area contributed by atoms with Gasteiger partial charge in [0.15, 0.2) is 5.69 Å². The fourth-order valence-corrected chi connectivity index (χ4v) is 4.45. The average Bonchev–Trinajstić information content (AvgIpc) is 3.17. The molecule has 1 aliphatic rings. The minimum absolute atomic E-state index is 0.000141. The number of carbonyl (C=O) groups excluding carboxylic acids is 1. The summed E-state index contributed by atoms with van der Waals surface area (Å²) < 4.78 is 2.11. The molecule has 0 N–H and O–H groups in total. The summed E-state index contributed by atoms with van der Waals surface area (Å²) in [6.07, 6.45) is 2.87. The number of aromatic nitrogens is 2. The summed E-state index contributed by atoms with van der Waals surface area (Å²) in [7, 11) is 1.88. The maximum Gasteiger partial charge on any atom is 0.274 e. The summed E-state index contributed by atoms with van der Waals surface area (Å²) in [4.78, 5) is 25.1. The van der Waals surface area contributed by atoms with Crippen molar-refractivity contribution in [1.82, 2.24) is 24.1 Å². The van der Waals surface area contributed by atoms with E-state index in [1.807, 2.05) is 42.4 Å². The highest BCUT2D eigenvalue weighted by Gasteiger charge is 2.26. The Morgan fingerprint density at radius 3 is 2.47 bits per heavy atom. The molecule has 1 saturated heterocycles. The van der Waals surface area contributed by atoms with Crippen molar-refractivity contribution in [3.8, 4) is 0 Å². The molecule has 1 aliphatic heterocycles. The van der Waals surface area contributed by atoms with Crippen molar-refractivity contribution in [2.24, 2.45) is 0 Å². The van der Waals surface area contributed by atoms with Gasteiger partial charge in [-0.3, -0.25) is 14.6 Å². The Morgan fingerprint density at radius 2 is 1.78 bits per heavy atom. The zero-order chi connectivity index (χ0) is 22.7. The van der Waals surface area contributed by atoms with Crippen LogP contribution in [0.1, 0.15) is 41.2 Å². The number of hydrogen-bond acceptors (Lipinski definition) is 4. The van der Waals surface area contributed by atoms with Crippen molar-refractivity contribution < 1.29 is 4.79 Å². The lowest BCUT2D eigenvalue weighted by molar-refractivity contribution is 0.0784. The molecular formula is C26H35N5O. The first-order chi connectivity index (χ1) is 15.4. The first kappa shape index (κ1) is 22.5. The van der Waals surface area contributed by atoms with Gasteiger partial charge in [0.05, 0.1) is 5.69 Å². The highest BCUT2D eigenvalue weighted by molar-refractivity contribution is 5.94. The Kier molecular flexibility index (Phi) is 6.92. The number of imidazole rings is 1. The van der Waals surface area contributed by atoms with Crippen LogP contribution in [-0.4, -0.2) is 75.8 Å². The molecule has 0 radical (unpaired) electrons. The van der Waals surface area contributed by atoms with Gasteiger partial charge in [-0.1, -0.05) is 36.4 Å². The molecule has 1 aromatic carbocycles. The van der Waals surface area contributed by atoms with E-state index in [1.165, 1.54) is 5.56 Å². The molecule has 4 rings (SSSR count). The van der Waals surface area contributed by atoms with E-state index in [0.717, 1.165) is 56.0 Å². The molecule has 3 heterocycles. The van der Waals surface area contributed by atoms with Crippen molar-refractivity contribution >= 4 is 11.6 Å². The fraction of sp³-hybridized carbons (Fsp3) is 0.462. The number of aryl methyl sites for hydroxylation is 1. The van der Waals surface area contributed by atoms with Gasteiger partial charge in [0.1, 0.15) is 5.65 Å². The maximum absolute atomic E-state index is 13.5. The maximum atomic E-state index is 13.5. The van der Waals surface area contributed by atoms with Gasteiger partial charge in [0, 0.05) is 58.6 Å². The van der Waals surface area contributed by atoms with Gasteiger partial charge in [-0.05, 0) is 44.4 Å². The predicted molar refractivity (Wildman–Crippen MR) is 129 cm³/mol. The number of fused-ring (bicyclic) bond motifs is 1. The Balaban J connectivity index is 1.55. The molecule has 0 spiro atoms. The van der Waals surface area contributed by atoms with E-state index >= 15 is 0 Å². The molecule has 170 valence electrons. The standard InChI is InChI=1S/C26H35N5O/c1-20(2)30-17-15-29(16-18-30)19-23-24(27-25-21(3)9-8-13-31(23)25)26(32)28(4)14-12-22-10-6-5-7-11-22/h5-11,13,20H,12,14-19H2,1-4H3. The second-order valence-electron chi connectivity index (χ2n) is 9.16. The van der Waals surface area contributed by atoms with E-state index in [1.54, 1.807) is 0 Å².